The normalized spacial score (nSPS) is 12.4. The second-order valence-electron chi connectivity index (χ2n) is 9.37. The number of carbonyl (C=O) groups excluding carboxylic acids is 2. The van der Waals surface area contributed by atoms with Crippen molar-refractivity contribution in [3.05, 3.63) is 52.5 Å². The van der Waals surface area contributed by atoms with E-state index in [4.69, 9.17) is 9.47 Å². The summed E-state index contributed by atoms with van der Waals surface area (Å²) in [7, 11) is -1.05. The van der Waals surface area contributed by atoms with Gasteiger partial charge in [0.25, 0.3) is 0 Å². The van der Waals surface area contributed by atoms with Crippen LogP contribution in [0.2, 0.25) is 0 Å². The van der Waals surface area contributed by atoms with Crippen molar-refractivity contribution in [2.75, 3.05) is 31.3 Å². The van der Waals surface area contributed by atoms with E-state index in [-0.39, 0.29) is 23.9 Å². The zero-order chi connectivity index (χ0) is 27.3. The molecule has 198 valence electrons. The van der Waals surface area contributed by atoms with E-state index in [0.717, 1.165) is 20.6 Å². The molecule has 0 aliphatic heterocycles. The summed E-state index contributed by atoms with van der Waals surface area (Å²) in [5.74, 6) is -0.251. The number of hydrogen-bond acceptors (Lipinski definition) is 6. The van der Waals surface area contributed by atoms with Gasteiger partial charge in [0.1, 0.15) is 24.1 Å². The van der Waals surface area contributed by atoms with E-state index >= 15 is 0 Å². The highest BCUT2D eigenvalue weighted by Crippen LogP contribution is 2.34. The third-order valence-electron chi connectivity index (χ3n) is 5.24. The highest BCUT2D eigenvalue weighted by Gasteiger charge is 2.32. The summed E-state index contributed by atoms with van der Waals surface area (Å²) in [5, 5.41) is 2.89. The van der Waals surface area contributed by atoms with Gasteiger partial charge in [0.15, 0.2) is 0 Å². The predicted octanol–water partition coefficient (Wildman–Crippen LogP) is 3.56. The third-order valence-corrected chi connectivity index (χ3v) is 6.86. The molecule has 0 aliphatic rings. The number of nitrogens with one attached hydrogen (secondary N) is 1. The first kappa shape index (κ1) is 29.4. The molecule has 0 spiro atoms. The van der Waals surface area contributed by atoms with Crippen LogP contribution in [0, 0.1) is 0 Å². The van der Waals surface area contributed by atoms with Crippen LogP contribution in [-0.2, 0) is 26.2 Å². The molecule has 2 aromatic carbocycles. The monoisotopic (exact) mass is 583 g/mol. The molecule has 0 heterocycles. The Bertz CT molecular complexity index is 1200. The van der Waals surface area contributed by atoms with Crippen LogP contribution in [-0.4, -0.2) is 63.7 Å². The fourth-order valence-electron chi connectivity index (χ4n) is 3.48. The van der Waals surface area contributed by atoms with Gasteiger partial charge in [-0.15, -0.1) is 0 Å². The molecule has 9 nitrogen and oxygen atoms in total. The maximum atomic E-state index is 13.7. The minimum atomic E-state index is -3.92. The van der Waals surface area contributed by atoms with Crippen LogP contribution in [0.3, 0.4) is 0 Å². The van der Waals surface area contributed by atoms with E-state index < -0.39 is 34.1 Å². The number of amides is 2. The summed E-state index contributed by atoms with van der Waals surface area (Å²) in [5.41, 5.74) is 0.419. The Morgan fingerprint density at radius 3 is 2.28 bits per heavy atom. The molecular weight excluding hydrogens is 550 g/mol. The molecule has 2 amide bonds. The first-order chi connectivity index (χ1) is 16.7. The van der Waals surface area contributed by atoms with Crippen molar-refractivity contribution in [2.45, 2.75) is 45.8 Å². The zero-order valence-corrected chi connectivity index (χ0v) is 24.1. The van der Waals surface area contributed by atoms with Gasteiger partial charge in [-0.05, 0) is 57.5 Å². The maximum absolute atomic E-state index is 13.7. The number of nitrogens with zero attached hydrogens (tertiary/aromatic N) is 2. The summed E-state index contributed by atoms with van der Waals surface area (Å²) >= 11 is 3.43. The molecule has 2 aromatic rings. The van der Waals surface area contributed by atoms with E-state index in [1.165, 1.54) is 25.2 Å². The first-order valence-electron chi connectivity index (χ1n) is 11.2. The van der Waals surface area contributed by atoms with Crippen molar-refractivity contribution in [3.63, 3.8) is 0 Å². The van der Waals surface area contributed by atoms with Crippen LogP contribution in [0.1, 0.15) is 33.3 Å². The number of carbonyl (C=O) groups is 2. The smallest absolute Gasteiger partial charge is 0.244 e. The Morgan fingerprint density at radius 1 is 1.08 bits per heavy atom. The molecule has 1 N–H and O–H groups in total. The number of sulfonamides is 1. The minimum Gasteiger partial charge on any atom is -0.497 e. The highest BCUT2D eigenvalue weighted by atomic mass is 79.9. The molecular formula is C25H34BrN3O6S. The van der Waals surface area contributed by atoms with Crippen molar-refractivity contribution >= 4 is 43.5 Å². The molecule has 0 aromatic heterocycles. The number of methoxy groups -OCH3 is 2. The average molecular weight is 585 g/mol. The van der Waals surface area contributed by atoms with E-state index in [2.05, 4.69) is 21.2 Å². The first-order valence-corrected chi connectivity index (χ1v) is 13.9. The standard InChI is InChI=1S/C25H34BrN3O6S/c1-17(24(31)27-25(2,3)4)28(15-18-9-8-10-19(26)13-18)23(30)16-29(36(7,32)33)21-14-20(34-5)11-12-22(21)35-6/h8-14,17H,15-16H2,1-7H3,(H,27,31)/t17-/m1/s1. The summed E-state index contributed by atoms with van der Waals surface area (Å²) in [6.45, 7) is 6.72. The molecule has 0 radical (unpaired) electrons. The fourth-order valence-corrected chi connectivity index (χ4v) is 4.77. The van der Waals surface area contributed by atoms with E-state index in [9.17, 15) is 18.0 Å². The number of hydrogen-bond donors (Lipinski definition) is 1. The van der Waals surface area contributed by atoms with Crippen molar-refractivity contribution < 1.29 is 27.5 Å². The lowest BCUT2D eigenvalue weighted by atomic mass is 10.1. The molecule has 0 saturated heterocycles. The number of anilines is 1. The highest BCUT2D eigenvalue weighted by molar-refractivity contribution is 9.10. The van der Waals surface area contributed by atoms with Crippen molar-refractivity contribution in [1.82, 2.24) is 10.2 Å². The van der Waals surface area contributed by atoms with Gasteiger partial charge in [-0.3, -0.25) is 13.9 Å². The quantitative estimate of drug-likeness (QED) is 0.458. The molecule has 0 bridgehead atoms. The fraction of sp³-hybridized carbons (Fsp3) is 0.440. The number of ether oxygens (including phenoxy) is 2. The van der Waals surface area contributed by atoms with Gasteiger partial charge in [-0.1, -0.05) is 28.1 Å². The Kier molecular flexibility index (Phi) is 9.78. The van der Waals surface area contributed by atoms with Crippen LogP contribution in [0.15, 0.2) is 46.9 Å². The molecule has 1 atom stereocenters. The van der Waals surface area contributed by atoms with Crippen LogP contribution < -0.4 is 19.1 Å². The number of benzene rings is 2. The molecule has 11 heteroatoms. The molecule has 36 heavy (non-hydrogen) atoms. The predicted molar refractivity (Wildman–Crippen MR) is 144 cm³/mol. The number of rotatable bonds is 10. The van der Waals surface area contributed by atoms with Crippen LogP contribution in [0.4, 0.5) is 5.69 Å². The minimum absolute atomic E-state index is 0.101. The Labute approximate surface area is 221 Å². The van der Waals surface area contributed by atoms with Gasteiger partial charge in [0.05, 0.1) is 26.2 Å². The van der Waals surface area contributed by atoms with E-state index in [1.54, 1.807) is 19.1 Å². The Hall–Kier alpha value is -2.79. The topological polar surface area (TPSA) is 105 Å². The zero-order valence-electron chi connectivity index (χ0n) is 21.7. The van der Waals surface area contributed by atoms with Gasteiger partial charge in [0, 0.05) is 22.6 Å². The average Bonchev–Trinajstić information content (AvgIpc) is 2.78. The number of halogens is 1. The van der Waals surface area contributed by atoms with Crippen LogP contribution in [0.25, 0.3) is 0 Å². The lowest BCUT2D eigenvalue weighted by Crippen LogP contribution is -2.54. The molecule has 2 rings (SSSR count). The van der Waals surface area contributed by atoms with E-state index in [1.807, 2.05) is 45.0 Å². The van der Waals surface area contributed by atoms with E-state index in [0.29, 0.717) is 5.75 Å². The molecule has 0 aliphatic carbocycles. The third kappa shape index (κ3) is 8.12. The van der Waals surface area contributed by atoms with Gasteiger partial charge >= 0.3 is 0 Å². The van der Waals surface area contributed by atoms with Crippen molar-refractivity contribution in [3.8, 4) is 11.5 Å². The summed E-state index contributed by atoms with van der Waals surface area (Å²) in [6, 6.07) is 11.2. The van der Waals surface area contributed by atoms with Gasteiger partial charge in [0.2, 0.25) is 21.8 Å². The summed E-state index contributed by atoms with van der Waals surface area (Å²) in [4.78, 5) is 28.1. The second kappa shape index (κ2) is 12.0. The molecule has 0 unspecified atom stereocenters. The van der Waals surface area contributed by atoms with Crippen LogP contribution >= 0.6 is 15.9 Å². The van der Waals surface area contributed by atoms with Crippen LogP contribution in [0.5, 0.6) is 11.5 Å². The Balaban J connectivity index is 2.50. The summed E-state index contributed by atoms with van der Waals surface area (Å²) < 4.78 is 38.0. The largest absolute Gasteiger partial charge is 0.497 e. The SMILES string of the molecule is COc1ccc(OC)c(N(CC(=O)N(Cc2cccc(Br)c2)[C@H](C)C(=O)NC(C)(C)C)S(C)(=O)=O)c1. The second-order valence-corrected chi connectivity index (χ2v) is 12.2. The summed E-state index contributed by atoms with van der Waals surface area (Å²) in [6.07, 6.45) is 1.01. The lowest BCUT2D eigenvalue weighted by molar-refractivity contribution is -0.140. The van der Waals surface area contributed by atoms with Gasteiger partial charge in [-0.25, -0.2) is 8.42 Å². The van der Waals surface area contributed by atoms with Gasteiger partial charge in [-0.2, -0.15) is 0 Å². The van der Waals surface area contributed by atoms with Gasteiger partial charge < -0.3 is 19.7 Å². The van der Waals surface area contributed by atoms with Crippen molar-refractivity contribution in [1.29, 1.82) is 0 Å². The Morgan fingerprint density at radius 2 is 1.75 bits per heavy atom. The van der Waals surface area contributed by atoms with Crippen molar-refractivity contribution in [2.24, 2.45) is 0 Å². The molecule has 0 saturated carbocycles. The lowest BCUT2D eigenvalue weighted by Gasteiger charge is -2.33. The maximum Gasteiger partial charge on any atom is 0.244 e. The molecule has 0 fully saturated rings.